The fraction of sp³-hybridized carbons (Fsp3) is 0.778. The van der Waals surface area contributed by atoms with Crippen LogP contribution in [0.3, 0.4) is 0 Å². The molecule has 154 valence electrons. The summed E-state index contributed by atoms with van der Waals surface area (Å²) in [6.45, 7) is 2.82. The van der Waals surface area contributed by atoms with E-state index in [1.165, 1.54) is 19.3 Å². The summed E-state index contributed by atoms with van der Waals surface area (Å²) in [7, 11) is 0. The number of piperidine rings is 3. The topological polar surface area (TPSA) is 98.5 Å². The van der Waals surface area contributed by atoms with Crippen molar-refractivity contribution >= 4 is 30.7 Å². The average Bonchev–Trinajstić information content (AvgIpc) is 3.14. The fourth-order valence-electron chi connectivity index (χ4n) is 5.29. The lowest BCUT2D eigenvalue weighted by molar-refractivity contribution is -0.143. The summed E-state index contributed by atoms with van der Waals surface area (Å²) in [5.74, 6) is 0.914. The molecule has 3 fully saturated rings. The zero-order valence-corrected chi connectivity index (χ0v) is 17.1. The van der Waals surface area contributed by atoms with Gasteiger partial charge in [0.25, 0.3) is 0 Å². The summed E-state index contributed by atoms with van der Waals surface area (Å²) in [6.07, 6.45) is 8.63. The first-order chi connectivity index (χ1) is 12.2. The summed E-state index contributed by atoms with van der Waals surface area (Å²) in [4.78, 5) is 24.4. The van der Waals surface area contributed by atoms with Crippen LogP contribution in [-0.2, 0) is 11.2 Å². The second kappa shape index (κ2) is 9.56. The normalized spacial score (nSPS) is 31.3. The predicted octanol–water partition coefficient (Wildman–Crippen LogP) is 0.817. The minimum Gasteiger partial charge on any atom is -0.395 e. The van der Waals surface area contributed by atoms with E-state index < -0.39 is 6.04 Å². The van der Waals surface area contributed by atoms with Gasteiger partial charge < -0.3 is 20.7 Å². The van der Waals surface area contributed by atoms with Gasteiger partial charge in [-0.15, -0.1) is 24.8 Å². The number of hydrogen-bond acceptors (Lipinski definition) is 5. The highest BCUT2D eigenvalue weighted by atomic mass is 35.5. The van der Waals surface area contributed by atoms with Gasteiger partial charge in [-0.2, -0.15) is 0 Å². The van der Waals surface area contributed by atoms with Crippen LogP contribution >= 0.6 is 24.8 Å². The summed E-state index contributed by atoms with van der Waals surface area (Å²) >= 11 is 0. The molecule has 0 aliphatic carbocycles. The van der Waals surface area contributed by atoms with Crippen LogP contribution in [-0.4, -0.2) is 75.1 Å². The second-order valence-electron chi connectivity index (χ2n) is 7.94. The summed E-state index contributed by atoms with van der Waals surface area (Å²) in [6, 6.07) is 0.178. The van der Waals surface area contributed by atoms with Crippen LogP contribution in [0.15, 0.2) is 12.5 Å². The van der Waals surface area contributed by atoms with Crippen LogP contribution in [0.4, 0.5) is 0 Å². The number of rotatable bonds is 4. The van der Waals surface area contributed by atoms with Gasteiger partial charge in [-0.25, -0.2) is 4.98 Å². The monoisotopic (exact) mass is 419 g/mol. The second-order valence-corrected chi connectivity index (χ2v) is 7.94. The van der Waals surface area contributed by atoms with E-state index in [1.54, 1.807) is 12.5 Å². The first-order valence-corrected chi connectivity index (χ1v) is 9.55. The van der Waals surface area contributed by atoms with E-state index in [9.17, 15) is 9.90 Å². The van der Waals surface area contributed by atoms with Gasteiger partial charge in [-0.3, -0.25) is 9.69 Å². The zero-order valence-electron chi connectivity index (χ0n) is 15.5. The number of aromatic amines is 1. The highest BCUT2D eigenvalue weighted by Gasteiger charge is 2.47. The molecule has 4 N–H and O–H groups in total. The third kappa shape index (κ3) is 4.43. The molecule has 0 spiro atoms. The van der Waals surface area contributed by atoms with Crippen molar-refractivity contribution in [3.8, 4) is 0 Å². The summed E-state index contributed by atoms with van der Waals surface area (Å²) < 4.78 is 0. The van der Waals surface area contributed by atoms with Crippen LogP contribution in [0.25, 0.3) is 0 Å². The number of nitrogens with two attached hydrogens (primary N) is 1. The van der Waals surface area contributed by atoms with E-state index in [4.69, 9.17) is 5.73 Å². The van der Waals surface area contributed by atoms with Crippen molar-refractivity contribution in [1.82, 2.24) is 19.8 Å². The van der Waals surface area contributed by atoms with Gasteiger partial charge in [0.05, 0.1) is 19.0 Å². The standard InChI is InChI=1S/C18H29N5O2.2ClH/c19-15(6-14-7-20-11-21-14)18(25)22-8-12-5-13(9-22)17(10-24)23-4-2-1-3-16(12)23;;/h7,11-13,15-17,24H,1-6,8-10,19H2,(H,20,21);2*1H/t12-,13+,15+,16+,17+;;/m1../s1. The maximum absolute atomic E-state index is 12.9. The number of nitrogens with zero attached hydrogens (tertiary/aromatic N) is 3. The number of nitrogens with one attached hydrogen (secondary N) is 1. The first-order valence-electron chi connectivity index (χ1n) is 9.55. The van der Waals surface area contributed by atoms with Crippen LogP contribution in [0.1, 0.15) is 31.4 Å². The van der Waals surface area contributed by atoms with Crippen molar-refractivity contribution in [2.24, 2.45) is 17.6 Å². The molecule has 3 aliphatic heterocycles. The van der Waals surface area contributed by atoms with E-state index in [-0.39, 0.29) is 43.4 Å². The smallest absolute Gasteiger partial charge is 0.239 e. The van der Waals surface area contributed by atoms with E-state index in [2.05, 4.69) is 14.9 Å². The molecule has 3 saturated heterocycles. The molecule has 0 radical (unpaired) electrons. The molecule has 1 aromatic rings. The number of hydrogen-bond donors (Lipinski definition) is 3. The van der Waals surface area contributed by atoms with Gasteiger partial charge in [-0.05, 0) is 37.6 Å². The van der Waals surface area contributed by atoms with Crippen molar-refractivity contribution in [3.05, 3.63) is 18.2 Å². The Labute approximate surface area is 172 Å². The number of carbonyl (C=O) groups excluding carboxylic acids is 1. The molecular formula is C18H31Cl2N5O2. The number of H-pyrrole nitrogens is 1. The Morgan fingerprint density at radius 1 is 1.33 bits per heavy atom. The minimum atomic E-state index is -0.533. The largest absolute Gasteiger partial charge is 0.395 e. The first kappa shape index (κ1) is 22.4. The highest BCUT2D eigenvalue weighted by Crippen LogP contribution is 2.41. The molecule has 9 heteroatoms. The van der Waals surface area contributed by atoms with Crippen molar-refractivity contribution in [2.75, 3.05) is 26.2 Å². The molecule has 1 amide bonds. The van der Waals surface area contributed by atoms with Gasteiger partial charge in [0.2, 0.25) is 5.91 Å². The maximum Gasteiger partial charge on any atom is 0.239 e. The van der Waals surface area contributed by atoms with Crippen molar-refractivity contribution < 1.29 is 9.90 Å². The summed E-state index contributed by atoms with van der Waals surface area (Å²) in [5.41, 5.74) is 7.08. The third-order valence-corrected chi connectivity index (χ3v) is 6.43. The predicted molar refractivity (Wildman–Crippen MR) is 108 cm³/mol. The van der Waals surface area contributed by atoms with Crippen LogP contribution in [0.5, 0.6) is 0 Å². The molecule has 4 rings (SSSR count). The lowest BCUT2D eigenvalue weighted by Gasteiger charge is -2.56. The number of fused-ring (bicyclic) bond motifs is 4. The third-order valence-electron chi connectivity index (χ3n) is 6.43. The minimum absolute atomic E-state index is 0. The number of likely N-dealkylation sites (tertiary alicyclic amines) is 1. The molecule has 0 aromatic carbocycles. The van der Waals surface area contributed by atoms with E-state index in [0.717, 1.165) is 31.7 Å². The van der Waals surface area contributed by atoms with Gasteiger partial charge >= 0.3 is 0 Å². The number of amides is 1. The molecule has 7 nitrogen and oxygen atoms in total. The number of carbonyl (C=O) groups is 1. The van der Waals surface area contributed by atoms with Crippen molar-refractivity contribution in [2.45, 2.75) is 50.2 Å². The lowest BCUT2D eigenvalue weighted by atomic mass is 9.72. The van der Waals surface area contributed by atoms with Gasteiger partial charge in [0.1, 0.15) is 0 Å². The Morgan fingerprint density at radius 3 is 2.81 bits per heavy atom. The number of imidazole rings is 1. The Bertz CT molecular complexity index is 589. The van der Waals surface area contributed by atoms with Crippen molar-refractivity contribution in [1.29, 1.82) is 0 Å². The van der Waals surface area contributed by atoms with Gasteiger partial charge in [0, 0.05) is 43.5 Å². The van der Waals surface area contributed by atoms with Crippen LogP contribution in [0, 0.1) is 11.8 Å². The Balaban J connectivity index is 0.00000131. The SMILES string of the molecule is Cl.Cl.N[C@@H](Cc1cnc[nH]1)C(=O)N1C[C@H]2C[C@@H](C1)[C@H](CO)N1CCCC[C@@H]21. The Morgan fingerprint density at radius 2 is 2.11 bits per heavy atom. The summed E-state index contributed by atoms with van der Waals surface area (Å²) in [5, 5.41) is 9.97. The lowest BCUT2D eigenvalue weighted by Crippen LogP contribution is -2.66. The number of aromatic nitrogens is 2. The van der Waals surface area contributed by atoms with Crippen LogP contribution < -0.4 is 5.73 Å². The number of aliphatic hydroxyl groups is 1. The average molecular weight is 420 g/mol. The molecule has 0 unspecified atom stereocenters. The van der Waals surface area contributed by atoms with E-state index in [0.29, 0.717) is 24.3 Å². The molecule has 4 heterocycles. The quantitative estimate of drug-likeness (QED) is 0.670. The molecule has 27 heavy (non-hydrogen) atoms. The molecule has 0 saturated carbocycles. The van der Waals surface area contributed by atoms with Crippen molar-refractivity contribution in [3.63, 3.8) is 0 Å². The van der Waals surface area contributed by atoms with Crippen LogP contribution in [0.2, 0.25) is 0 Å². The Kier molecular flexibility index (Phi) is 7.94. The zero-order chi connectivity index (χ0) is 17.4. The molecule has 2 bridgehead atoms. The maximum atomic E-state index is 12.9. The van der Waals surface area contributed by atoms with Gasteiger partial charge in [0.15, 0.2) is 0 Å². The van der Waals surface area contributed by atoms with E-state index >= 15 is 0 Å². The number of halogens is 2. The Hall–Kier alpha value is -0.860. The molecule has 5 atom stereocenters. The molecular weight excluding hydrogens is 389 g/mol. The fourth-order valence-corrected chi connectivity index (χ4v) is 5.29. The van der Waals surface area contributed by atoms with Gasteiger partial charge in [-0.1, -0.05) is 6.42 Å². The molecule has 1 aromatic heterocycles. The van der Waals surface area contributed by atoms with E-state index in [1.807, 2.05) is 4.90 Å². The highest BCUT2D eigenvalue weighted by molar-refractivity contribution is 5.85. The number of aliphatic hydroxyl groups excluding tert-OH is 1. The molecule has 3 aliphatic rings.